The Kier molecular flexibility index (Phi) is 8.02. The van der Waals surface area contributed by atoms with E-state index in [2.05, 4.69) is 21.0 Å². The van der Waals surface area contributed by atoms with Crippen molar-refractivity contribution in [2.24, 2.45) is 0 Å². The fourth-order valence-electron chi connectivity index (χ4n) is 1.87. The van der Waals surface area contributed by atoms with Gasteiger partial charge in [-0.1, -0.05) is 19.8 Å². The normalized spacial score (nSPS) is 14.2. The highest BCUT2D eigenvalue weighted by molar-refractivity contribution is 4.51. The lowest BCUT2D eigenvalue weighted by molar-refractivity contribution is -0.893. The first kappa shape index (κ1) is 14.9. The number of likely N-dealkylation sites (N-methyl/N-ethyl adjacent to an activating group) is 1. The van der Waals surface area contributed by atoms with Crippen molar-refractivity contribution in [3.05, 3.63) is 0 Å². The first-order valence-electron chi connectivity index (χ1n) is 6.01. The van der Waals surface area contributed by atoms with Crippen LogP contribution in [-0.4, -0.2) is 56.6 Å². The zero-order valence-electron chi connectivity index (χ0n) is 10.8. The summed E-state index contributed by atoms with van der Waals surface area (Å²) in [6.07, 6.45) is 4.82. The van der Waals surface area contributed by atoms with Crippen LogP contribution >= 0.6 is 0 Å². The number of methoxy groups -OCH3 is 1. The summed E-state index contributed by atoms with van der Waals surface area (Å²) in [4.78, 5) is 0. The van der Waals surface area contributed by atoms with Crippen molar-refractivity contribution in [1.29, 1.82) is 0 Å². The molecule has 0 bridgehead atoms. The molecule has 0 spiro atoms. The number of unbranched alkanes of at least 4 members (excludes halogenated alkanes) is 3. The number of rotatable bonds is 9. The third-order valence-electron chi connectivity index (χ3n) is 2.68. The standard InChI is InChI=1S/C12H28NO2/c1-5-6-7-8-9-13(2,3)10-12(14)11-15-4/h12,14H,5-11H2,1-4H3/q+1. The fourth-order valence-corrected chi connectivity index (χ4v) is 1.87. The summed E-state index contributed by atoms with van der Waals surface area (Å²) in [5, 5.41) is 9.65. The third kappa shape index (κ3) is 8.85. The lowest BCUT2D eigenvalue weighted by atomic mass is 10.2. The molecule has 0 radical (unpaired) electrons. The van der Waals surface area contributed by atoms with Crippen LogP contribution in [0.2, 0.25) is 0 Å². The van der Waals surface area contributed by atoms with Crippen molar-refractivity contribution in [3.8, 4) is 0 Å². The van der Waals surface area contributed by atoms with Crippen molar-refractivity contribution < 1.29 is 14.3 Å². The number of aliphatic hydroxyl groups is 1. The lowest BCUT2D eigenvalue weighted by Gasteiger charge is -2.31. The lowest BCUT2D eigenvalue weighted by Crippen LogP contribution is -2.47. The van der Waals surface area contributed by atoms with Gasteiger partial charge in [-0.2, -0.15) is 0 Å². The second-order valence-electron chi connectivity index (χ2n) is 5.01. The van der Waals surface area contributed by atoms with Gasteiger partial charge in [-0.15, -0.1) is 0 Å². The molecule has 0 aliphatic rings. The fraction of sp³-hybridized carbons (Fsp3) is 1.00. The Bertz CT molecular complexity index is 149. The van der Waals surface area contributed by atoms with E-state index < -0.39 is 0 Å². The largest absolute Gasteiger partial charge is 0.385 e. The molecule has 0 amide bonds. The predicted octanol–water partition coefficient (Wildman–Crippen LogP) is 1.65. The van der Waals surface area contributed by atoms with Crippen LogP contribution in [0.3, 0.4) is 0 Å². The molecule has 0 aliphatic carbocycles. The van der Waals surface area contributed by atoms with E-state index in [1.54, 1.807) is 7.11 Å². The average molecular weight is 218 g/mol. The molecule has 3 heteroatoms. The van der Waals surface area contributed by atoms with Crippen LogP contribution in [0.1, 0.15) is 32.6 Å². The molecule has 92 valence electrons. The van der Waals surface area contributed by atoms with Gasteiger partial charge in [0.05, 0.1) is 27.2 Å². The van der Waals surface area contributed by atoms with E-state index in [4.69, 9.17) is 4.74 Å². The molecule has 0 aromatic carbocycles. The SMILES string of the molecule is CCCCCC[N+](C)(C)CC(O)COC. The van der Waals surface area contributed by atoms with E-state index in [0.29, 0.717) is 6.61 Å². The minimum Gasteiger partial charge on any atom is -0.385 e. The molecular weight excluding hydrogens is 190 g/mol. The zero-order valence-corrected chi connectivity index (χ0v) is 10.8. The van der Waals surface area contributed by atoms with Crippen LogP contribution in [0.4, 0.5) is 0 Å². The maximum Gasteiger partial charge on any atom is 0.126 e. The highest BCUT2D eigenvalue weighted by Crippen LogP contribution is 2.06. The van der Waals surface area contributed by atoms with Gasteiger partial charge in [0.2, 0.25) is 0 Å². The van der Waals surface area contributed by atoms with Crippen LogP contribution in [0, 0.1) is 0 Å². The summed E-state index contributed by atoms with van der Waals surface area (Å²) < 4.78 is 5.82. The Balaban J connectivity index is 3.65. The average Bonchev–Trinajstić information content (AvgIpc) is 2.12. The van der Waals surface area contributed by atoms with Gasteiger partial charge < -0.3 is 14.3 Å². The molecule has 1 atom stereocenters. The first-order valence-corrected chi connectivity index (χ1v) is 6.01. The molecule has 0 heterocycles. The van der Waals surface area contributed by atoms with Gasteiger partial charge in [0.15, 0.2) is 0 Å². The highest BCUT2D eigenvalue weighted by Gasteiger charge is 2.19. The molecule has 0 aliphatic heterocycles. The summed E-state index contributed by atoms with van der Waals surface area (Å²) in [6, 6.07) is 0. The monoisotopic (exact) mass is 218 g/mol. The van der Waals surface area contributed by atoms with Crippen LogP contribution in [-0.2, 0) is 4.74 Å². The van der Waals surface area contributed by atoms with E-state index in [9.17, 15) is 5.11 Å². The summed E-state index contributed by atoms with van der Waals surface area (Å²) in [5.41, 5.74) is 0. The van der Waals surface area contributed by atoms with Crippen LogP contribution in [0.15, 0.2) is 0 Å². The minimum atomic E-state index is -0.337. The van der Waals surface area contributed by atoms with E-state index in [1.807, 2.05) is 0 Å². The van der Waals surface area contributed by atoms with Gasteiger partial charge in [0, 0.05) is 7.11 Å². The Hall–Kier alpha value is -0.120. The van der Waals surface area contributed by atoms with Gasteiger partial charge in [-0.05, 0) is 12.8 Å². The molecule has 1 N–H and O–H groups in total. The Labute approximate surface area is 94.6 Å². The number of hydrogen-bond donors (Lipinski definition) is 1. The van der Waals surface area contributed by atoms with E-state index >= 15 is 0 Å². The number of quaternary nitrogens is 1. The topological polar surface area (TPSA) is 29.5 Å². The molecule has 3 nitrogen and oxygen atoms in total. The highest BCUT2D eigenvalue weighted by atomic mass is 16.5. The summed E-state index contributed by atoms with van der Waals surface area (Å²) in [5.74, 6) is 0. The predicted molar refractivity (Wildman–Crippen MR) is 63.9 cm³/mol. The van der Waals surface area contributed by atoms with Crippen molar-refractivity contribution in [2.75, 3.05) is 40.9 Å². The number of aliphatic hydroxyl groups excluding tert-OH is 1. The molecule has 0 aromatic rings. The Morgan fingerprint density at radius 2 is 1.87 bits per heavy atom. The Morgan fingerprint density at radius 3 is 2.40 bits per heavy atom. The molecule has 0 aromatic heterocycles. The molecule has 15 heavy (non-hydrogen) atoms. The molecule has 0 rings (SSSR count). The number of hydrogen-bond acceptors (Lipinski definition) is 2. The van der Waals surface area contributed by atoms with E-state index in [1.165, 1.54) is 25.7 Å². The van der Waals surface area contributed by atoms with Crippen LogP contribution < -0.4 is 0 Å². The summed E-state index contributed by atoms with van der Waals surface area (Å²) >= 11 is 0. The van der Waals surface area contributed by atoms with Crippen molar-refractivity contribution in [3.63, 3.8) is 0 Å². The third-order valence-corrected chi connectivity index (χ3v) is 2.68. The number of ether oxygens (including phenoxy) is 1. The second kappa shape index (κ2) is 8.08. The zero-order chi connectivity index (χ0) is 11.7. The van der Waals surface area contributed by atoms with Crippen LogP contribution in [0.5, 0.6) is 0 Å². The maximum absolute atomic E-state index is 9.65. The molecule has 1 unspecified atom stereocenters. The van der Waals surface area contributed by atoms with E-state index in [-0.39, 0.29) is 6.10 Å². The van der Waals surface area contributed by atoms with Crippen molar-refractivity contribution >= 4 is 0 Å². The molecule has 0 saturated carbocycles. The van der Waals surface area contributed by atoms with Gasteiger partial charge >= 0.3 is 0 Å². The van der Waals surface area contributed by atoms with Crippen molar-refractivity contribution in [1.82, 2.24) is 0 Å². The smallest absolute Gasteiger partial charge is 0.126 e. The van der Waals surface area contributed by atoms with Gasteiger partial charge in [0.1, 0.15) is 12.6 Å². The maximum atomic E-state index is 9.65. The van der Waals surface area contributed by atoms with Crippen LogP contribution in [0.25, 0.3) is 0 Å². The number of nitrogens with zero attached hydrogens (tertiary/aromatic N) is 1. The minimum absolute atomic E-state index is 0.337. The summed E-state index contributed by atoms with van der Waals surface area (Å²) in [7, 11) is 5.97. The quantitative estimate of drug-likeness (QED) is 0.471. The van der Waals surface area contributed by atoms with E-state index in [0.717, 1.165) is 17.6 Å². The molecular formula is C12H28NO2+. The molecule has 0 fully saturated rings. The first-order chi connectivity index (χ1) is 7.02. The molecule has 0 saturated heterocycles. The summed E-state index contributed by atoms with van der Waals surface area (Å²) in [6.45, 7) is 4.58. The van der Waals surface area contributed by atoms with Gasteiger partial charge in [0.25, 0.3) is 0 Å². The second-order valence-corrected chi connectivity index (χ2v) is 5.01. The van der Waals surface area contributed by atoms with Gasteiger partial charge in [-0.25, -0.2) is 0 Å². The van der Waals surface area contributed by atoms with Gasteiger partial charge in [-0.3, -0.25) is 0 Å². The Morgan fingerprint density at radius 1 is 1.20 bits per heavy atom. The van der Waals surface area contributed by atoms with Crippen molar-refractivity contribution in [2.45, 2.75) is 38.7 Å².